The van der Waals surface area contributed by atoms with E-state index >= 15 is 0 Å². The fourth-order valence-electron chi connectivity index (χ4n) is 3.70. The summed E-state index contributed by atoms with van der Waals surface area (Å²) in [5.74, 6) is -0.0256. The number of nitrogens with zero attached hydrogens (tertiary/aromatic N) is 2. The summed E-state index contributed by atoms with van der Waals surface area (Å²) in [5.41, 5.74) is 1.47. The van der Waals surface area contributed by atoms with Crippen LogP contribution in [0.15, 0.2) is 46.9 Å². The minimum absolute atomic E-state index is 0.0632. The normalized spacial score (nSPS) is 15.7. The molecule has 1 amide bonds. The monoisotopic (exact) mass is 443 g/mol. The molecule has 30 heavy (non-hydrogen) atoms. The van der Waals surface area contributed by atoms with Crippen LogP contribution in [0.3, 0.4) is 0 Å². The molecule has 0 fully saturated rings. The Kier molecular flexibility index (Phi) is 6.06. The van der Waals surface area contributed by atoms with Crippen molar-refractivity contribution in [1.82, 2.24) is 9.55 Å². The number of thioether (sulfide) groups is 1. The van der Waals surface area contributed by atoms with Crippen LogP contribution in [0.25, 0.3) is 10.2 Å². The zero-order valence-corrected chi connectivity index (χ0v) is 18.2. The first-order chi connectivity index (χ1) is 14.5. The lowest BCUT2D eigenvalue weighted by Crippen LogP contribution is -2.24. The van der Waals surface area contributed by atoms with Gasteiger partial charge in [0.15, 0.2) is 5.16 Å². The van der Waals surface area contributed by atoms with Crippen LogP contribution in [0.5, 0.6) is 0 Å². The maximum absolute atomic E-state index is 13.3. The van der Waals surface area contributed by atoms with Gasteiger partial charge in [0.25, 0.3) is 5.56 Å². The second-order valence-corrected chi connectivity index (χ2v) is 9.50. The molecular formula is C22H22FN3O2S2. The molecular weight excluding hydrogens is 421 g/mol. The minimum Gasteiger partial charge on any atom is -0.325 e. The van der Waals surface area contributed by atoms with Crippen molar-refractivity contribution in [1.29, 1.82) is 0 Å². The Labute approximate surface area is 182 Å². The largest absolute Gasteiger partial charge is 0.325 e. The number of hydrogen-bond acceptors (Lipinski definition) is 5. The molecule has 2 heterocycles. The predicted octanol–water partition coefficient (Wildman–Crippen LogP) is 4.64. The number of carbonyl (C=O) groups is 1. The van der Waals surface area contributed by atoms with Crippen molar-refractivity contribution >= 4 is 44.9 Å². The number of fused-ring (bicyclic) bond motifs is 3. The molecule has 4 rings (SSSR count). The summed E-state index contributed by atoms with van der Waals surface area (Å²) in [5, 5.41) is 3.88. The lowest BCUT2D eigenvalue weighted by atomic mass is 9.89. The summed E-state index contributed by atoms with van der Waals surface area (Å²) >= 11 is 2.79. The van der Waals surface area contributed by atoms with E-state index in [4.69, 9.17) is 4.98 Å². The van der Waals surface area contributed by atoms with Gasteiger partial charge in [-0.25, -0.2) is 9.37 Å². The van der Waals surface area contributed by atoms with Gasteiger partial charge in [-0.2, -0.15) is 0 Å². The maximum atomic E-state index is 13.3. The van der Waals surface area contributed by atoms with E-state index in [0.29, 0.717) is 23.3 Å². The molecule has 3 aromatic rings. The second-order valence-electron chi connectivity index (χ2n) is 7.48. The van der Waals surface area contributed by atoms with Crippen LogP contribution in [0.1, 0.15) is 23.8 Å². The van der Waals surface area contributed by atoms with Crippen molar-refractivity contribution in [2.75, 3.05) is 11.1 Å². The maximum Gasteiger partial charge on any atom is 0.263 e. The van der Waals surface area contributed by atoms with Gasteiger partial charge in [0.2, 0.25) is 5.91 Å². The highest BCUT2D eigenvalue weighted by Gasteiger charge is 2.24. The number of nitrogens with one attached hydrogen (secondary N) is 1. The van der Waals surface area contributed by atoms with E-state index in [2.05, 4.69) is 18.8 Å². The Hall–Kier alpha value is -2.45. The Morgan fingerprint density at radius 3 is 3.10 bits per heavy atom. The summed E-state index contributed by atoms with van der Waals surface area (Å²) in [6.07, 6.45) is 4.63. The fraction of sp³-hybridized carbons (Fsp3) is 0.318. The van der Waals surface area contributed by atoms with Crippen molar-refractivity contribution in [3.05, 3.63) is 63.5 Å². The number of allylic oxidation sites excluding steroid dienone is 1. The number of carbonyl (C=O) groups excluding carboxylic acids is 1. The molecule has 1 unspecified atom stereocenters. The van der Waals surface area contributed by atoms with Crippen molar-refractivity contribution in [2.45, 2.75) is 37.9 Å². The predicted molar refractivity (Wildman–Crippen MR) is 121 cm³/mol. The number of thiophene rings is 1. The number of aryl methyl sites for hydroxylation is 1. The highest BCUT2D eigenvalue weighted by atomic mass is 32.2. The van der Waals surface area contributed by atoms with Gasteiger partial charge in [0.1, 0.15) is 10.6 Å². The third-order valence-corrected chi connectivity index (χ3v) is 7.26. The highest BCUT2D eigenvalue weighted by molar-refractivity contribution is 7.99. The number of halogens is 1. The van der Waals surface area contributed by atoms with Gasteiger partial charge >= 0.3 is 0 Å². The summed E-state index contributed by atoms with van der Waals surface area (Å²) in [4.78, 5) is 32.3. The van der Waals surface area contributed by atoms with Crippen LogP contribution in [-0.4, -0.2) is 21.2 Å². The van der Waals surface area contributed by atoms with Crippen molar-refractivity contribution in [3.63, 3.8) is 0 Å². The van der Waals surface area contributed by atoms with Gasteiger partial charge in [0.05, 0.1) is 11.1 Å². The molecule has 1 aliphatic carbocycles. The van der Waals surface area contributed by atoms with Crippen LogP contribution in [0.4, 0.5) is 10.1 Å². The van der Waals surface area contributed by atoms with Crippen molar-refractivity contribution in [2.24, 2.45) is 5.92 Å². The fourth-order valence-corrected chi connectivity index (χ4v) is 5.93. The van der Waals surface area contributed by atoms with Crippen LogP contribution in [0, 0.1) is 11.7 Å². The first-order valence-electron chi connectivity index (χ1n) is 9.80. The molecule has 2 aromatic heterocycles. The van der Waals surface area contributed by atoms with Crippen LogP contribution >= 0.6 is 23.1 Å². The number of amides is 1. The highest BCUT2D eigenvalue weighted by Crippen LogP contribution is 2.36. The van der Waals surface area contributed by atoms with Crippen LogP contribution in [0.2, 0.25) is 0 Å². The van der Waals surface area contributed by atoms with Gasteiger partial charge in [-0.3, -0.25) is 14.2 Å². The van der Waals surface area contributed by atoms with E-state index < -0.39 is 5.82 Å². The van der Waals surface area contributed by atoms with E-state index in [1.165, 1.54) is 34.8 Å². The minimum atomic E-state index is -0.414. The molecule has 1 aliphatic rings. The quantitative estimate of drug-likeness (QED) is 0.343. The summed E-state index contributed by atoms with van der Waals surface area (Å²) in [7, 11) is 0. The van der Waals surface area contributed by atoms with E-state index in [9.17, 15) is 14.0 Å². The van der Waals surface area contributed by atoms with Crippen LogP contribution < -0.4 is 10.9 Å². The van der Waals surface area contributed by atoms with Crippen molar-refractivity contribution in [3.8, 4) is 0 Å². The molecule has 1 atom stereocenters. The summed E-state index contributed by atoms with van der Waals surface area (Å²) in [6, 6.07) is 5.74. The smallest absolute Gasteiger partial charge is 0.263 e. The first-order valence-corrected chi connectivity index (χ1v) is 11.6. The molecule has 5 nitrogen and oxygen atoms in total. The molecule has 156 valence electrons. The van der Waals surface area contributed by atoms with Gasteiger partial charge in [-0.15, -0.1) is 17.9 Å². The standard InChI is InChI=1S/C22H22FN3O2S2/c1-3-9-26-21(28)19-16-8-7-13(2)10-17(16)30-20(19)25-22(26)29-12-18(27)24-15-6-4-5-14(23)11-15/h3-6,11,13H,1,7-10,12H2,2H3,(H,24,27). The number of aromatic nitrogens is 2. The van der Waals surface area contributed by atoms with Crippen molar-refractivity contribution < 1.29 is 9.18 Å². The number of hydrogen-bond donors (Lipinski definition) is 1. The van der Waals surface area contributed by atoms with Crippen LogP contribution in [-0.2, 0) is 24.2 Å². The lowest BCUT2D eigenvalue weighted by Gasteiger charge is -2.17. The number of benzene rings is 1. The van der Waals surface area contributed by atoms with E-state index in [1.54, 1.807) is 28.0 Å². The second kappa shape index (κ2) is 8.73. The third-order valence-electron chi connectivity index (χ3n) is 5.13. The van der Waals surface area contributed by atoms with E-state index in [0.717, 1.165) is 35.0 Å². The van der Waals surface area contributed by atoms with Gasteiger partial charge in [0, 0.05) is 17.1 Å². The molecule has 1 aromatic carbocycles. The van der Waals surface area contributed by atoms with Gasteiger partial charge < -0.3 is 5.32 Å². The molecule has 0 saturated heterocycles. The molecule has 0 radical (unpaired) electrons. The van der Waals surface area contributed by atoms with E-state index in [-0.39, 0.29) is 17.2 Å². The molecule has 0 bridgehead atoms. The van der Waals surface area contributed by atoms with Gasteiger partial charge in [-0.1, -0.05) is 30.8 Å². The summed E-state index contributed by atoms with van der Waals surface area (Å²) in [6.45, 7) is 6.32. The molecule has 0 spiro atoms. The zero-order chi connectivity index (χ0) is 21.3. The molecule has 1 N–H and O–H groups in total. The zero-order valence-electron chi connectivity index (χ0n) is 16.6. The average molecular weight is 444 g/mol. The third kappa shape index (κ3) is 4.20. The molecule has 0 saturated carbocycles. The Balaban J connectivity index is 1.61. The summed E-state index contributed by atoms with van der Waals surface area (Å²) < 4.78 is 14.9. The lowest BCUT2D eigenvalue weighted by molar-refractivity contribution is -0.113. The van der Waals surface area contributed by atoms with Gasteiger partial charge in [-0.05, 0) is 48.9 Å². The Morgan fingerprint density at radius 2 is 2.33 bits per heavy atom. The molecule has 0 aliphatic heterocycles. The molecule has 8 heteroatoms. The number of anilines is 1. The first kappa shape index (κ1) is 20.8. The average Bonchev–Trinajstić information content (AvgIpc) is 3.06. The Morgan fingerprint density at radius 1 is 1.50 bits per heavy atom. The topological polar surface area (TPSA) is 64.0 Å². The SMILES string of the molecule is C=CCn1c(SCC(=O)Nc2cccc(F)c2)nc2sc3c(c2c1=O)CCC(C)C3. The number of rotatable bonds is 6. The van der Waals surface area contributed by atoms with E-state index in [1.807, 2.05) is 0 Å². The Bertz CT molecular complexity index is 1190.